The number of H-pyrrole nitrogens is 1. The molecule has 0 aliphatic carbocycles. The van der Waals surface area contributed by atoms with Gasteiger partial charge in [-0.05, 0) is 67.3 Å². The molecule has 0 radical (unpaired) electrons. The number of fused-ring (bicyclic) bond motifs is 1. The van der Waals surface area contributed by atoms with Crippen LogP contribution >= 0.6 is 0 Å². The molecule has 0 saturated carbocycles. The van der Waals surface area contributed by atoms with Crippen LogP contribution in [0, 0.1) is 12.5 Å². The van der Waals surface area contributed by atoms with Crippen LogP contribution in [-0.4, -0.2) is 34.4 Å². The summed E-state index contributed by atoms with van der Waals surface area (Å²) in [6.45, 7) is 12.0. The number of nitrogens with zero attached hydrogens (tertiary/aromatic N) is 2. The number of rotatable bonds is 9. The molecule has 35 heavy (non-hydrogen) atoms. The van der Waals surface area contributed by atoms with Gasteiger partial charge in [0.2, 0.25) is 11.8 Å². The molecule has 1 aliphatic rings. The number of likely N-dealkylation sites (tertiary alicyclic amines) is 1. The summed E-state index contributed by atoms with van der Waals surface area (Å²) in [5.41, 5.74) is 2.78. The monoisotopic (exact) mass is 472 g/mol. The average molecular weight is 473 g/mol. The van der Waals surface area contributed by atoms with E-state index in [2.05, 4.69) is 22.1 Å². The molecule has 2 N–H and O–H groups in total. The summed E-state index contributed by atoms with van der Waals surface area (Å²) in [5.74, 6) is 1.24. The van der Waals surface area contributed by atoms with E-state index < -0.39 is 0 Å². The highest BCUT2D eigenvalue weighted by Gasteiger charge is 2.35. The molecule has 0 unspecified atom stereocenters. The number of amides is 2. The zero-order chi connectivity index (χ0) is 24.8. The summed E-state index contributed by atoms with van der Waals surface area (Å²) in [6, 6.07) is 13.2. The summed E-state index contributed by atoms with van der Waals surface area (Å²) in [6.07, 6.45) is 6.28. The van der Waals surface area contributed by atoms with Crippen LogP contribution in [0.5, 0.6) is 11.5 Å². The molecule has 1 saturated heterocycles. The maximum atomic E-state index is 13.0. The standard InChI is InChI=1S/C28H32N4O3/c1-4-5-8-27(33)31-21-9-11-22(12-10-21)35-23-13-14-25-24(17-23)20(18-30-25)16-19(2)28(34)32-15-6-7-26(32)29-3/h9-14,17-19,26,30H,4-8,15-16H2,1-2H3,(H,31,33)/t19-,26-/m0/s1. The third-order valence-corrected chi connectivity index (χ3v) is 6.47. The lowest BCUT2D eigenvalue weighted by atomic mass is 9.99. The Morgan fingerprint density at radius 2 is 2.00 bits per heavy atom. The molecule has 3 aromatic rings. The van der Waals surface area contributed by atoms with Crippen LogP contribution < -0.4 is 10.1 Å². The van der Waals surface area contributed by atoms with Gasteiger partial charge >= 0.3 is 6.17 Å². The van der Waals surface area contributed by atoms with Crippen molar-refractivity contribution in [3.63, 3.8) is 0 Å². The SMILES string of the molecule is [C-]#[N+][C@@H]1CCCN1C(=O)[C@@H](C)Cc1c[nH]c2ccc(Oc3ccc(NC(=O)CCCC)cc3)cc12. The van der Waals surface area contributed by atoms with Crippen molar-refractivity contribution in [2.24, 2.45) is 5.92 Å². The average Bonchev–Trinajstić information content (AvgIpc) is 3.50. The predicted octanol–water partition coefficient (Wildman–Crippen LogP) is 6.14. The van der Waals surface area contributed by atoms with Gasteiger partial charge < -0.3 is 15.0 Å². The Bertz CT molecular complexity index is 1230. The van der Waals surface area contributed by atoms with Gasteiger partial charge in [-0.2, -0.15) is 0 Å². The normalized spacial score (nSPS) is 16.1. The number of carbonyl (C=O) groups is 2. The van der Waals surface area contributed by atoms with Gasteiger partial charge in [0.1, 0.15) is 11.5 Å². The fourth-order valence-corrected chi connectivity index (χ4v) is 4.53. The molecule has 7 heteroatoms. The molecule has 182 valence electrons. The summed E-state index contributed by atoms with van der Waals surface area (Å²) in [4.78, 5) is 33.5. The first-order valence-corrected chi connectivity index (χ1v) is 12.3. The fraction of sp³-hybridized carbons (Fsp3) is 0.393. The number of nitrogens with one attached hydrogen (secondary N) is 2. The number of anilines is 1. The van der Waals surface area contributed by atoms with E-state index in [1.54, 1.807) is 4.90 Å². The molecule has 2 aromatic carbocycles. The Kier molecular flexibility index (Phi) is 7.71. The molecule has 1 aliphatic heterocycles. The summed E-state index contributed by atoms with van der Waals surface area (Å²) in [7, 11) is 0. The summed E-state index contributed by atoms with van der Waals surface area (Å²) < 4.78 is 6.06. The highest BCUT2D eigenvalue weighted by Crippen LogP contribution is 2.30. The number of aromatic nitrogens is 1. The lowest BCUT2D eigenvalue weighted by Crippen LogP contribution is -2.38. The summed E-state index contributed by atoms with van der Waals surface area (Å²) >= 11 is 0. The van der Waals surface area contributed by atoms with Crippen LogP contribution in [0.15, 0.2) is 48.7 Å². The molecule has 4 rings (SSSR count). The lowest BCUT2D eigenvalue weighted by Gasteiger charge is -2.20. The van der Waals surface area contributed by atoms with E-state index in [1.807, 2.05) is 55.6 Å². The maximum absolute atomic E-state index is 13.0. The number of benzene rings is 2. The van der Waals surface area contributed by atoms with Crippen molar-refractivity contribution < 1.29 is 14.3 Å². The number of unbranched alkanes of at least 4 members (excludes halogenated alkanes) is 1. The van der Waals surface area contributed by atoms with Crippen LogP contribution in [0.25, 0.3) is 15.7 Å². The molecule has 2 atom stereocenters. The maximum Gasteiger partial charge on any atom is 0.300 e. The van der Waals surface area contributed by atoms with Crippen molar-refractivity contribution >= 4 is 28.4 Å². The second-order valence-corrected chi connectivity index (χ2v) is 9.19. The smallest absolute Gasteiger partial charge is 0.300 e. The van der Waals surface area contributed by atoms with Crippen molar-refractivity contribution in [1.29, 1.82) is 0 Å². The Morgan fingerprint density at radius 3 is 2.74 bits per heavy atom. The molecule has 0 bridgehead atoms. The molecule has 7 nitrogen and oxygen atoms in total. The van der Waals surface area contributed by atoms with E-state index in [0.717, 1.165) is 47.8 Å². The van der Waals surface area contributed by atoms with Crippen LogP contribution in [0.4, 0.5) is 5.69 Å². The lowest BCUT2D eigenvalue weighted by molar-refractivity contribution is -0.135. The van der Waals surface area contributed by atoms with Crippen LogP contribution in [0.1, 0.15) is 51.5 Å². The first kappa shape index (κ1) is 24.3. The first-order valence-electron chi connectivity index (χ1n) is 12.3. The zero-order valence-electron chi connectivity index (χ0n) is 20.3. The highest BCUT2D eigenvalue weighted by molar-refractivity contribution is 5.90. The van der Waals surface area contributed by atoms with Gasteiger partial charge in [-0.25, -0.2) is 6.57 Å². The van der Waals surface area contributed by atoms with E-state index in [4.69, 9.17) is 11.3 Å². The van der Waals surface area contributed by atoms with Gasteiger partial charge in [-0.1, -0.05) is 20.3 Å². The van der Waals surface area contributed by atoms with Crippen molar-refractivity contribution in [3.05, 3.63) is 65.6 Å². The molecule has 0 spiro atoms. The van der Waals surface area contributed by atoms with E-state index in [9.17, 15) is 9.59 Å². The molecule has 2 heterocycles. The van der Waals surface area contributed by atoms with Crippen LogP contribution in [-0.2, 0) is 16.0 Å². The van der Waals surface area contributed by atoms with Gasteiger partial charge in [0.15, 0.2) is 0 Å². The first-order chi connectivity index (χ1) is 17.0. The molecular weight excluding hydrogens is 440 g/mol. The van der Waals surface area contributed by atoms with Gasteiger partial charge in [0.25, 0.3) is 0 Å². The Morgan fingerprint density at radius 1 is 1.23 bits per heavy atom. The van der Waals surface area contributed by atoms with Crippen molar-refractivity contribution in [3.8, 4) is 11.5 Å². The predicted molar refractivity (Wildman–Crippen MR) is 137 cm³/mol. The van der Waals surface area contributed by atoms with Crippen molar-refractivity contribution in [1.82, 2.24) is 9.88 Å². The minimum atomic E-state index is -0.316. The minimum absolute atomic E-state index is 0.0213. The van der Waals surface area contributed by atoms with E-state index in [-0.39, 0.29) is 23.9 Å². The highest BCUT2D eigenvalue weighted by atomic mass is 16.5. The second-order valence-electron chi connectivity index (χ2n) is 9.19. The number of carbonyl (C=O) groups excluding carboxylic acids is 2. The van der Waals surface area contributed by atoms with Gasteiger partial charge in [0.05, 0.1) is 0 Å². The van der Waals surface area contributed by atoms with Crippen molar-refractivity contribution in [2.45, 2.75) is 58.5 Å². The van der Waals surface area contributed by atoms with E-state index >= 15 is 0 Å². The number of ether oxygens (including phenoxy) is 1. The largest absolute Gasteiger partial charge is 0.457 e. The zero-order valence-corrected chi connectivity index (χ0v) is 20.3. The molecule has 1 aromatic heterocycles. The quantitative estimate of drug-likeness (QED) is 0.368. The van der Waals surface area contributed by atoms with Crippen molar-refractivity contribution in [2.75, 3.05) is 11.9 Å². The van der Waals surface area contributed by atoms with Crippen LogP contribution in [0.2, 0.25) is 0 Å². The third-order valence-electron chi connectivity index (χ3n) is 6.47. The number of hydrogen-bond acceptors (Lipinski definition) is 3. The third kappa shape index (κ3) is 5.83. The van der Waals surface area contributed by atoms with E-state index in [0.29, 0.717) is 30.9 Å². The topological polar surface area (TPSA) is 78.8 Å². The Balaban J connectivity index is 1.42. The minimum Gasteiger partial charge on any atom is -0.457 e. The molecular formula is C28H32N4O3. The summed E-state index contributed by atoms with van der Waals surface area (Å²) in [5, 5.41) is 3.92. The molecule has 2 amide bonds. The van der Waals surface area contributed by atoms with Crippen LogP contribution in [0.3, 0.4) is 0 Å². The number of aromatic amines is 1. The van der Waals surface area contributed by atoms with E-state index in [1.165, 1.54) is 0 Å². The second kappa shape index (κ2) is 11.1. The molecule has 1 fully saturated rings. The van der Waals surface area contributed by atoms with Gasteiger partial charge in [0, 0.05) is 48.1 Å². The number of hydrogen-bond donors (Lipinski definition) is 2. The van der Waals surface area contributed by atoms with Gasteiger partial charge in [-0.15, -0.1) is 0 Å². The Labute approximate surface area is 206 Å². The fourth-order valence-electron chi connectivity index (χ4n) is 4.53. The van der Waals surface area contributed by atoms with Gasteiger partial charge in [-0.3, -0.25) is 19.3 Å². The Hall–Kier alpha value is -3.79.